The van der Waals surface area contributed by atoms with Gasteiger partial charge in [0, 0.05) is 25.2 Å². The highest BCUT2D eigenvalue weighted by Crippen LogP contribution is 2.40. The summed E-state index contributed by atoms with van der Waals surface area (Å²) in [4.78, 5) is 29.9. The Morgan fingerprint density at radius 3 is 2.74 bits per heavy atom. The summed E-state index contributed by atoms with van der Waals surface area (Å²) in [5.74, 6) is -0.485. The first-order chi connectivity index (χ1) is 13.0. The van der Waals surface area contributed by atoms with E-state index in [1.165, 1.54) is 5.56 Å². The molecule has 2 aromatic rings. The van der Waals surface area contributed by atoms with Gasteiger partial charge in [-0.15, -0.1) is 0 Å². The van der Waals surface area contributed by atoms with Crippen LogP contribution < -0.4 is 10.4 Å². The van der Waals surface area contributed by atoms with Crippen molar-refractivity contribution in [1.29, 1.82) is 0 Å². The van der Waals surface area contributed by atoms with Gasteiger partial charge in [-0.3, -0.25) is 19.8 Å². The van der Waals surface area contributed by atoms with Gasteiger partial charge >= 0.3 is 0 Å². The second kappa shape index (κ2) is 7.88. The zero-order valence-corrected chi connectivity index (χ0v) is 15.7. The number of anilines is 1. The van der Waals surface area contributed by atoms with Gasteiger partial charge in [-0.05, 0) is 66.5 Å². The molecule has 0 radical (unpaired) electrons. The predicted octanol–water partition coefficient (Wildman–Crippen LogP) is 3.14. The Hall–Kier alpha value is -2.73. The third kappa shape index (κ3) is 4.01. The fraction of sp³-hybridized carbons (Fsp3) is 0.381. The lowest BCUT2D eigenvalue weighted by atomic mass is 9.69. The molecule has 0 aliphatic heterocycles. The summed E-state index contributed by atoms with van der Waals surface area (Å²) in [7, 11) is 0. The lowest BCUT2D eigenvalue weighted by molar-refractivity contribution is -0.117. The Labute approximate surface area is 159 Å². The number of aryl methyl sites for hydroxylation is 1. The van der Waals surface area contributed by atoms with Crippen molar-refractivity contribution in [3.8, 4) is 0 Å². The topological polar surface area (TPSA) is 82.5 Å². The summed E-state index contributed by atoms with van der Waals surface area (Å²) >= 11 is 0. The SMILES string of the molecule is CCC1(CN(C(C)=O)c2cccnc2)CCc2cc(C(=O)NO)ccc2C1. The van der Waals surface area contributed by atoms with Crippen molar-refractivity contribution in [3.05, 3.63) is 59.4 Å². The molecule has 1 aliphatic rings. The van der Waals surface area contributed by atoms with Gasteiger partial charge in [0.05, 0.1) is 11.9 Å². The number of fused-ring (bicyclic) bond motifs is 1. The highest BCUT2D eigenvalue weighted by Gasteiger charge is 2.36. The van der Waals surface area contributed by atoms with Crippen LogP contribution in [0.15, 0.2) is 42.7 Å². The number of rotatable bonds is 5. The van der Waals surface area contributed by atoms with E-state index in [0.717, 1.165) is 36.9 Å². The molecule has 1 heterocycles. The maximum atomic E-state index is 12.3. The molecule has 2 amide bonds. The van der Waals surface area contributed by atoms with Gasteiger partial charge in [0.2, 0.25) is 5.91 Å². The number of hydrogen-bond donors (Lipinski definition) is 2. The Balaban J connectivity index is 1.86. The van der Waals surface area contributed by atoms with Crippen molar-refractivity contribution in [2.24, 2.45) is 5.41 Å². The maximum Gasteiger partial charge on any atom is 0.274 e. The van der Waals surface area contributed by atoms with Crippen LogP contribution in [0.2, 0.25) is 0 Å². The molecule has 1 unspecified atom stereocenters. The minimum absolute atomic E-state index is 0.0107. The summed E-state index contributed by atoms with van der Waals surface area (Å²) < 4.78 is 0. The summed E-state index contributed by atoms with van der Waals surface area (Å²) in [6.45, 7) is 4.40. The summed E-state index contributed by atoms with van der Waals surface area (Å²) in [6, 6.07) is 9.30. The zero-order valence-electron chi connectivity index (χ0n) is 15.7. The second-order valence-electron chi connectivity index (χ2n) is 7.27. The van der Waals surface area contributed by atoms with Crippen LogP contribution in [0.1, 0.15) is 48.2 Å². The quantitative estimate of drug-likeness (QED) is 0.628. The van der Waals surface area contributed by atoms with Crippen molar-refractivity contribution < 1.29 is 14.8 Å². The largest absolute Gasteiger partial charge is 0.311 e. The number of nitrogens with one attached hydrogen (secondary N) is 1. The molecule has 142 valence electrons. The number of benzene rings is 1. The predicted molar refractivity (Wildman–Crippen MR) is 103 cm³/mol. The molecule has 1 aliphatic carbocycles. The molecule has 0 bridgehead atoms. The van der Waals surface area contributed by atoms with Crippen LogP contribution >= 0.6 is 0 Å². The van der Waals surface area contributed by atoms with E-state index in [1.54, 1.807) is 30.9 Å². The van der Waals surface area contributed by atoms with E-state index in [4.69, 9.17) is 5.21 Å². The molecule has 0 spiro atoms. The minimum atomic E-state index is -0.496. The van der Waals surface area contributed by atoms with E-state index in [0.29, 0.717) is 12.1 Å². The smallest absolute Gasteiger partial charge is 0.274 e. The summed E-state index contributed by atoms with van der Waals surface area (Å²) in [5.41, 5.74) is 5.28. The molecule has 2 N–H and O–H groups in total. The number of pyridine rings is 1. The van der Waals surface area contributed by atoms with Crippen molar-refractivity contribution in [3.63, 3.8) is 0 Å². The van der Waals surface area contributed by atoms with Crippen molar-refractivity contribution >= 4 is 17.5 Å². The first kappa shape index (κ1) is 19.0. The summed E-state index contributed by atoms with van der Waals surface area (Å²) in [6.07, 6.45) is 7.01. The Morgan fingerprint density at radius 1 is 1.30 bits per heavy atom. The van der Waals surface area contributed by atoms with E-state index in [-0.39, 0.29) is 11.3 Å². The third-order valence-corrected chi connectivity index (χ3v) is 5.64. The summed E-state index contributed by atoms with van der Waals surface area (Å²) in [5, 5.41) is 8.83. The van der Waals surface area contributed by atoms with Gasteiger partial charge in [-0.25, -0.2) is 5.48 Å². The average molecular weight is 367 g/mol. The van der Waals surface area contributed by atoms with Gasteiger partial charge < -0.3 is 4.90 Å². The van der Waals surface area contributed by atoms with Gasteiger partial charge in [-0.2, -0.15) is 0 Å². The monoisotopic (exact) mass is 367 g/mol. The number of aromatic nitrogens is 1. The normalized spacial score (nSPS) is 18.5. The maximum absolute atomic E-state index is 12.3. The molecule has 1 aromatic heterocycles. The zero-order chi connectivity index (χ0) is 19.4. The lowest BCUT2D eigenvalue weighted by Gasteiger charge is -2.41. The molecular formula is C21H25N3O3. The fourth-order valence-electron chi connectivity index (χ4n) is 3.91. The van der Waals surface area contributed by atoms with Crippen molar-refractivity contribution in [2.75, 3.05) is 11.4 Å². The van der Waals surface area contributed by atoms with Crippen LogP contribution in [0.4, 0.5) is 5.69 Å². The molecular weight excluding hydrogens is 342 g/mol. The average Bonchev–Trinajstić information content (AvgIpc) is 2.71. The van der Waals surface area contributed by atoms with E-state index in [1.807, 2.05) is 29.2 Å². The molecule has 3 rings (SSSR count). The van der Waals surface area contributed by atoms with E-state index in [2.05, 4.69) is 11.9 Å². The highest BCUT2D eigenvalue weighted by molar-refractivity contribution is 5.93. The van der Waals surface area contributed by atoms with Gasteiger partial charge in [0.1, 0.15) is 0 Å². The first-order valence-electron chi connectivity index (χ1n) is 9.22. The molecule has 6 heteroatoms. The molecule has 0 saturated heterocycles. The molecule has 0 fully saturated rings. The second-order valence-corrected chi connectivity index (χ2v) is 7.27. The van der Waals surface area contributed by atoms with E-state index in [9.17, 15) is 9.59 Å². The van der Waals surface area contributed by atoms with Crippen molar-refractivity contribution in [2.45, 2.75) is 39.5 Å². The number of hydrogen-bond acceptors (Lipinski definition) is 4. The van der Waals surface area contributed by atoms with Crippen molar-refractivity contribution in [1.82, 2.24) is 10.5 Å². The standard InChI is InChI=1S/C21H25N3O3/c1-3-21(14-24(15(2)25)19-5-4-10-22-13-19)9-8-16-11-17(20(26)23-27)6-7-18(16)12-21/h4-7,10-11,13,27H,3,8-9,12,14H2,1-2H3,(H,23,26). The van der Waals surface area contributed by atoms with Gasteiger partial charge in [-0.1, -0.05) is 13.0 Å². The lowest BCUT2D eigenvalue weighted by Crippen LogP contribution is -2.43. The number of nitrogens with zero attached hydrogens (tertiary/aromatic N) is 2. The Kier molecular flexibility index (Phi) is 5.56. The highest BCUT2D eigenvalue weighted by atomic mass is 16.5. The van der Waals surface area contributed by atoms with Gasteiger partial charge in [0.25, 0.3) is 5.91 Å². The van der Waals surface area contributed by atoms with Gasteiger partial charge in [0.15, 0.2) is 0 Å². The minimum Gasteiger partial charge on any atom is -0.311 e. The number of carbonyl (C=O) groups is 2. The fourth-order valence-corrected chi connectivity index (χ4v) is 3.91. The van der Waals surface area contributed by atoms with Crippen LogP contribution in [-0.2, 0) is 17.6 Å². The Morgan fingerprint density at radius 2 is 2.11 bits per heavy atom. The van der Waals surface area contributed by atoms with Crippen LogP contribution in [0.25, 0.3) is 0 Å². The van der Waals surface area contributed by atoms with Crippen LogP contribution in [0.5, 0.6) is 0 Å². The number of carbonyl (C=O) groups excluding carboxylic acids is 2. The molecule has 1 atom stereocenters. The van der Waals surface area contributed by atoms with E-state index >= 15 is 0 Å². The third-order valence-electron chi connectivity index (χ3n) is 5.64. The Bertz CT molecular complexity index is 838. The van der Waals surface area contributed by atoms with Crippen LogP contribution in [-0.4, -0.2) is 28.6 Å². The molecule has 1 aromatic carbocycles. The molecule has 0 saturated carbocycles. The molecule has 27 heavy (non-hydrogen) atoms. The molecule has 6 nitrogen and oxygen atoms in total. The number of hydroxylamine groups is 1. The number of amides is 2. The first-order valence-corrected chi connectivity index (χ1v) is 9.22. The van der Waals surface area contributed by atoms with E-state index < -0.39 is 5.91 Å². The van der Waals surface area contributed by atoms with Crippen LogP contribution in [0, 0.1) is 5.41 Å². The van der Waals surface area contributed by atoms with Crippen LogP contribution in [0.3, 0.4) is 0 Å².